The summed E-state index contributed by atoms with van der Waals surface area (Å²) in [4.78, 5) is 15.8. The number of nitrogen functional groups attached to an aromatic ring is 1. The van der Waals surface area contributed by atoms with Gasteiger partial charge in [-0.25, -0.2) is 9.78 Å². The van der Waals surface area contributed by atoms with Crippen molar-refractivity contribution in [2.75, 3.05) is 11.1 Å². The van der Waals surface area contributed by atoms with Crippen molar-refractivity contribution in [3.8, 4) is 0 Å². The van der Waals surface area contributed by atoms with Crippen molar-refractivity contribution >= 4 is 28.8 Å². The summed E-state index contributed by atoms with van der Waals surface area (Å²) in [7, 11) is 0. The number of carbonyl (C=O) groups is 1. The Balaban J connectivity index is 2.14. The fourth-order valence-corrected chi connectivity index (χ4v) is 1.96. The van der Waals surface area contributed by atoms with Gasteiger partial charge in [-0.1, -0.05) is 6.07 Å². The van der Waals surface area contributed by atoms with E-state index < -0.39 is 5.97 Å². The molecule has 0 aliphatic rings. The molecule has 2 aromatic heterocycles. The molecule has 0 fully saturated rings. The molecule has 17 heavy (non-hydrogen) atoms. The highest BCUT2D eigenvalue weighted by atomic mass is 32.1. The molecule has 0 spiro atoms. The zero-order chi connectivity index (χ0) is 12.3. The number of hydrogen-bond acceptors (Lipinski definition) is 5. The fourth-order valence-electron chi connectivity index (χ4n) is 1.31. The van der Waals surface area contributed by atoms with Gasteiger partial charge in [0.05, 0.1) is 12.2 Å². The lowest BCUT2D eigenvalue weighted by atomic mass is 10.3. The Morgan fingerprint density at radius 3 is 2.94 bits per heavy atom. The predicted octanol–water partition coefficient (Wildman–Crippen LogP) is 2.04. The third-order valence-corrected chi connectivity index (χ3v) is 3.03. The molecule has 0 aliphatic heterocycles. The molecule has 2 aromatic rings. The summed E-state index contributed by atoms with van der Waals surface area (Å²) in [6.45, 7) is 0.581. The van der Waals surface area contributed by atoms with Crippen LogP contribution in [0.15, 0.2) is 29.6 Å². The normalized spacial score (nSPS) is 10.1. The minimum Gasteiger partial charge on any atom is -0.477 e. The predicted molar refractivity (Wildman–Crippen MR) is 67.3 cm³/mol. The lowest BCUT2D eigenvalue weighted by Crippen LogP contribution is -2.08. The number of thiophene rings is 1. The van der Waals surface area contributed by atoms with Crippen LogP contribution >= 0.6 is 11.3 Å². The van der Waals surface area contributed by atoms with Gasteiger partial charge in [0.1, 0.15) is 0 Å². The highest BCUT2D eigenvalue weighted by Crippen LogP contribution is 2.18. The Labute approximate surface area is 102 Å². The number of nitrogens with one attached hydrogen (secondary N) is 1. The third kappa shape index (κ3) is 2.73. The van der Waals surface area contributed by atoms with Gasteiger partial charge in [0.15, 0.2) is 11.5 Å². The fraction of sp³-hybridized carbons (Fsp3) is 0.0909. The summed E-state index contributed by atoms with van der Waals surface area (Å²) in [5.74, 6) is -0.664. The molecular weight excluding hydrogens is 238 g/mol. The highest BCUT2D eigenvalue weighted by Gasteiger charge is 2.08. The third-order valence-electron chi connectivity index (χ3n) is 2.16. The number of hydrogen-bond donors (Lipinski definition) is 3. The first-order chi connectivity index (χ1) is 8.16. The van der Waals surface area contributed by atoms with Crippen molar-refractivity contribution in [1.29, 1.82) is 0 Å². The number of carboxylic acids is 1. The molecule has 88 valence electrons. The number of pyridine rings is 1. The molecule has 0 bridgehead atoms. The second-order valence-corrected chi connectivity index (χ2v) is 4.40. The summed E-state index contributed by atoms with van der Waals surface area (Å²) >= 11 is 1.61. The van der Waals surface area contributed by atoms with Gasteiger partial charge in [-0.15, -0.1) is 11.3 Å². The van der Waals surface area contributed by atoms with Crippen LogP contribution in [0.4, 0.5) is 11.5 Å². The molecule has 0 amide bonds. The summed E-state index contributed by atoms with van der Waals surface area (Å²) in [6.07, 6.45) is 0. The number of anilines is 2. The molecule has 0 atom stereocenters. The Kier molecular flexibility index (Phi) is 3.24. The first kappa shape index (κ1) is 11.4. The second-order valence-electron chi connectivity index (χ2n) is 3.37. The maximum Gasteiger partial charge on any atom is 0.354 e. The second kappa shape index (κ2) is 4.84. The molecule has 0 saturated carbocycles. The lowest BCUT2D eigenvalue weighted by molar-refractivity contribution is 0.0690. The Morgan fingerprint density at radius 2 is 2.29 bits per heavy atom. The molecular formula is C11H11N3O2S. The van der Waals surface area contributed by atoms with E-state index in [9.17, 15) is 4.79 Å². The van der Waals surface area contributed by atoms with Gasteiger partial charge >= 0.3 is 5.97 Å². The summed E-state index contributed by atoms with van der Waals surface area (Å²) in [6, 6.07) is 6.85. The van der Waals surface area contributed by atoms with Gasteiger partial charge in [-0.2, -0.15) is 0 Å². The maximum absolute atomic E-state index is 10.8. The quantitative estimate of drug-likeness (QED) is 0.771. The van der Waals surface area contributed by atoms with Gasteiger partial charge in [0, 0.05) is 4.88 Å². The van der Waals surface area contributed by atoms with Gasteiger partial charge < -0.3 is 16.2 Å². The van der Waals surface area contributed by atoms with E-state index in [2.05, 4.69) is 10.3 Å². The van der Waals surface area contributed by atoms with Crippen LogP contribution in [0.3, 0.4) is 0 Å². The standard InChI is InChI=1S/C11H11N3O2S/c12-8-3-4-9(11(15)16)14-10(8)13-6-7-2-1-5-17-7/h1-5H,6,12H2,(H,13,14)(H,15,16). The highest BCUT2D eigenvalue weighted by molar-refractivity contribution is 7.09. The van der Waals surface area contributed by atoms with E-state index in [4.69, 9.17) is 10.8 Å². The van der Waals surface area contributed by atoms with Crippen LogP contribution in [0.2, 0.25) is 0 Å². The molecule has 0 radical (unpaired) electrons. The van der Waals surface area contributed by atoms with Gasteiger partial charge in [0.25, 0.3) is 0 Å². The monoisotopic (exact) mass is 249 g/mol. The largest absolute Gasteiger partial charge is 0.477 e. The van der Waals surface area contributed by atoms with Gasteiger partial charge in [-0.05, 0) is 23.6 Å². The van der Waals surface area contributed by atoms with E-state index in [-0.39, 0.29) is 5.69 Å². The van der Waals surface area contributed by atoms with Crippen LogP contribution in [0.25, 0.3) is 0 Å². The Bertz CT molecular complexity index is 526. The number of carboxylic acid groups (broad SMARTS) is 1. The van der Waals surface area contributed by atoms with Crippen molar-refractivity contribution in [2.24, 2.45) is 0 Å². The van der Waals surface area contributed by atoms with Crippen molar-refractivity contribution in [2.45, 2.75) is 6.54 Å². The Hall–Kier alpha value is -2.08. The number of aromatic carboxylic acids is 1. The molecule has 0 aromatic carbocycles. The van der Waals surface area contributed by atoms with Crippen molar-refractivity contribution < 1.29 is 9.90 Å². The minimum absolute atomic E-state index is 0.0205. The SMILES string of the molecule is Nc1ccc(C(=O)O)nc1NCc1cccs1. The minimum atomic E-state index is -1.07. The van der Waals surface area contributed by atoms with Gasteiger partial charge in [0.2, 0.25) is 0 Å². The van der Waals surface area contributed by atoms with Crippen molar-refractivity contribution in [3.63, 3.8) is 0 Å². The van der Waals surface area contributed by atoms with Crippen LogP contribution in [0.5, 0.6) is 0 Å². The number of rotatable bonds is 4. The summed E-state index contributed by atoms with van der Waals surface area (Å²) in [5, 5.41) is 13.8. The average Bonchev–Trinajstić information content (AvgIpc) is 2.80. The van der Waals surface area contributed by atoms with Crippen molar-refractivity contribution in [3.05, 3.63) is 40.2 Å². The van der Waals surface area contributed by atoms with E-state index in [1.54, 1.807) is 11.3 Å². The number of nitrogens with zero attached hydrogens (tertiary/aromatic N) is 1. The van der Waals surface area contributed by atoms with Crippen molar-refractivity contribution in [1.82, 2.24) is 4.98 Å². The summed E-state index contributed by atoms with van der Waals surface area (Å²) < 4.78 is 0. The van der Waals surface area contributed by atoms with Crippen LogP contribution in [0, 0.1) is 0 Å². The zero-order valence-corrected chi connectivity index (χ0v) is 9.70. The zero-order valence-electron chi connectivity index (χ0n) is 8.88. The van der Waals surface area contributed by atoms with Crippen LogP contribution in [-0.2, 0) is 6.54 Å². The molecule has 2 heterocycles. The number of nitrogens with two attached hydrogens (primary N) is 1. The average molecular weight is 249 g/mol. The summed E-state index contributed by atoms with van der Waals surface area (Å²) in [5.41, 5.74) is 6.13. The van der Waals surface area contributed by atoms with E-state index in [1.165, 1.54) is 12.1 Å². The van der Waals surface area contributed by atoms with E-state index in [1.807, 2.05) is 17.5 Å². The van der Waals surface area contributed by atoms with E-state index in [0.717, 1.165) is 4.88 Å². The maximum atomic E-state index is 10.8. The molecule has 5 nitrogen and oxygen atoms in total. The molecule has 4 N–H and O–H groups in total. The lowest BCUT2D eigenvalue weighted by Gasteiger charge is -2.07. The molecule has 0 saturated heterocycles. The first-order valence-corrected chi connectivity index (χ1v) is 5.81. The number of aromatic nitrogens is 1. The van der Waals surface area contributed by atoms with E-state index >= 15 is 0 Å². The van der Waals surface area contributed by atoms with Crippen LogP contribution < -0.4 is 11.1 Å². The van der Waals surface area contributed by atoms with Crippen LogP contribution in [0.1, 0.15) is 15.4 Å². The topological polar surface area (TPSA) is 88.2 Å². The molecule has 0 aliphatic carbocycles. The first-order valence-electron chi connectivity index (χ1n) is 4.93. The molecule has 0 unspecified atom stereocenters. The molecule has 6 heteroatoms. The smallest absolute Gasteiger partial charge is 0.354 e. The molecule has 2 rings (SSSR count). The Morgan fingerprint density at radius 1 is 1.47 bits per heavy atom. The van der Waals surface area contributed by atoms with Crippen LogP contribution in [-0.4, -0.2) is 16.1 Å². The van der Waals surface area contributed by atoms with Gasteiger partial charge in [-0.3, -0.25) is 0 Å². The van der Waals surface area contributed by atoms with E-state index in [0.29, 0.717) is 18.1 Å².